The molecular weight excluding hydrogens is 333 g/mol. The van der Waals surface area contributed by atoms with Crippen LogP contribution in [0.4, 0.5) is 4.39 Å². The van der Waals surface area contributed by atoms with Crippen LogP contribution >= 0.6 is 11.3 Å². The summed E-state index contributed by atoms with van der Waals surface area (Å²) >= 11 is 1.31. The molecule has 5 nitrogen and oxygen atoms in total. The zero-order valence-electron chi connectivity index (χ0n) is 13.4. The first-order valence-corrected chi connectivity index (χ1v) is 8.46. The number of halogens is 1. The van der Waals surface area contributed by atoms with Gasteiger partial charge < -0.3 is 14.7 Å². The number of aryl methyl sites for hydroxylation is 1. The van der Waals surface area contributed by atoms with Gasteiger partial charge in [-0.15, -0.1) is 11.3 Å². The summed E-state index contributed by atoms with van der Waals surface area (Å²) in [5.74, 6) is -1.49. The monoisotopic (exact) mass is 351 g/mol. The number of amides is 1. The molecule has 1 amide bonds. The van der Waals surface area contributed by atoms with Gasteiger partial charge in [0.2, 0.25) is 0 Å². The van der Waals surface area contributed by atoms with Gasteiger partial charge in [-0.3, -0.25) is 9.59 Å². The smallest absolute Gasteiger partial charge is 0.305 e. The molecule has 3 rings (SSSR count). The van der Waals surface area contributed by atoms with Crippen LogP contribution < -0.4 is 0 Å². The summed E-state index contributed by atoms with van der Waals surface area (Å²) in [5, 5.41) is 9.81. The largest absolute Gasteiger partial charge is 0.481 e. The molecule has 24 heavy (non-hydrogen) atoms. The van der Waals surface area contributed by atoms with Crippen LogP contribution in [0.3, 0.4) is 0 Å². The molecule has 1 saturated heterocycles. The second-order valence-corrected chi connectivity index (χ2v) is 7.05. The minimum atomic E-state index is -0.940. The van der Waals surface area contributed by atoms with Gasteiger partial charge in [0.25, 0.3) is 5.91 Å². The predicted octanol–water partition coefficient (Wildman–Crippen LogP) is 3.05. The summed E-state index contributed by atoms with van der Waals surface area (Å²) in [6, 6.07) is 4.07. The van der Waals surface area contributed by atoms with Crippen LogP contribution in [0.5, 0.6) is 0 Å². The van der Waals surface area contributed by atoms with E-state index < -0.39 is 5.97 Å². The number of methoxy groups -OCH3 is 1. The Kier molecular flexibility index (Phi) is 4.56. The molecule has 128 valence electrons. The third kappa shape index (κ3) is 3.01. The van der Waals surface area contributed by atoms with Gasteiger partial charge in [0.1, 0.15) is 5.82 Å². The van der Waals surface area contributed by atoms with E-state index in [1.54, 1.807) is 25.0 Å². The first kappa shape index (κ1) is 16.9. The fraction of sp³-hybridized carbons (Fsp3) is 0.412. The lowest BCUT2D eigenvalue weighted by atomic mass is 10.1. The van der Waals surface area contributed by atoms with E-state index in [-0.39, 0.29) is 30.3 Å². The number of hydrogen-bond donors (Lipinski definition) is 1. The number of likely N-dealkylation sites (tertiary alicyclic amines) is 1. The lowest BCUT2D eigenvalue weighted by Gasteiger charge is -2.23. The number of ether oxygens (including phenoxy) is 1. The Morgan fingerprint density at radius 2 is 2.21 bits per heavy atom. The van der Waals surface area contributed by atoms with Crippen LogP contribution in [0.2, 0.25) is 0 Å². The molecule has 2 unspecified atom stereocenters. The summed E-state index contributed by atoms with van der Waals surface area (Å²) in [7, 11) is 1.56. The van der Waals surface area contributed by atoms with E-state index in [1.807, 2.05) is 0 Å². The van der Waals surface area contributed by atoms with Crippen molar-refractivity contribution in [1.82, 2.24) is 4.90 Å². The maximum atomic E-state index is 13.5. The average molecular weight is 351 g/mol. The van der Waals surface area contributed by atoms with Gasteiger partial charge in [-0.2, -0.15) is 0 Å². The second kappa shape index (κ2) is 6.49. The maximum Gasteiger partial charge on any atom is 0.305 e. The van der Waals surface area contributed by atoms with E-state index in [4.69, 9.17) is 9.84 Å². The van der Waals surface area contributed by atoms with Crippen LogP contribution in [-0.4, -0.2) is 47.7 Å². The number of carbonyl (C=O) groups is 2. The average Bonchev–Trinajstić information content (AvgIpc) is 3.08. The van der Waals surface area contributed by atoms with Crippen LogP contribution in [0.25, 0.3) is 10.1 Å². The number of carboxylic acid groups (broad SMARTS) is 1. The van der Waals surface area contributed by atoms with Crippen molar-refractivity contribution in [1.29, 1.82) is 0 Å². The number of rotatable bonds is 4. The van der Waals surface area contributed by atoms with Crippen molar-refractivity contribution in [3.63, 3.8) is 0 Å². The Bertz CT molecular complexity index is 803. The summed E-state index contributed by atoms with van der Waals surface area (Å²) in [4.78, 5) is 26.2. The minimum Gasteiger partial charge on any atom is -0.481 e. The van der Waals surface area contributed by atoms with Crippen molar-refractivity contribution >= 4 is 33.3 Å². The highest BCUT2D eigenvalue weighted by Crippen LogP contribution is 2.34. The molecule has 1 aliphatic heterocycles. The van der Waals surface area contributed by atoms with Gasteiger partial charge in [-0.25, -0.2) is 4.39 Å². The standard InChI is InChI=1S/C17H18FNO4S/c1-9-13-5-10(18)3-4-14(13)24-16(9)17(22)19-8-12(23-2)6-11(19)7-15(20)21/h3-5,11-12H,6-8H2,1-2H3,(H,20,21). The Hall–Kier alpha value is -1.99. The molecule has 0 bridgehead atoms. The van der Waals surface area contributed by atoms with E-state index in [1.165, 1.54) is 23.5 Å². The lowest BCUT2D eigenvalue weighted by Crippen LogP contribution is -2.37. The van der Waals surface area contributed by atoms with Crippen molar-refractivity contribution in [2.45, 2.75) is 31.9 Å². The van der Waals surface area contributed by atoms with Gasteiger partial charge in [0, 0.05) is 24.4 Å². The first-order chi connectivity index (χ1) is 11.4. The second-order valence-electron chi connectivity index (χ2n) is 6.00. The lowest BCUT2D eigenvalue weighted by molar-refractivity contribution is -0.137. The van der Waals surface area contributed by atoms with E-state index in [2.05, 4.69) is 0 Å². The van der Waals surface area contributed by atoms with E-state index >= 15 is 0 Å². The topological polar surface area (TPSA) is 66.8 Å². The highest BCUT2D eigenvalue weighted by Gasteiger charge is 2.38. The molecule has 7 heteroatoms. The van der Waals surface area contributed by atoms with Crippen molar-refractivity contribution < 1.29 is 23.8 Å². The molecule has 2 aromatic rings. The van der Waals surface area contributed by atoms with Crippen molar-refractivity contribution in [2.75, 3.05) is 13.7 Å². The highest BCUT2D eigenvalue weighted by molar-refractivity contribution is 7.21. The molecule has 1 aliphatic rings. The zero-order valence-corrected chi connectivity index (χ0v) is 14.2. The molecule has 2 heterocycles. The fourth-order valence-electron chi connectivity index (χ4n) is 3.22. The molecule has 0 spiro atoms. The zero-order chi connectivity index (χ0) is 17.4. The van der Waals surface area contributed by atoms with Crippen molar-refractivity contribution in [2.24, 2.45) is 0 Å². The van der Waals surface area contributed by atoms with Crippen LogP contribution in [0, 0.1) is 12.7 Å². The molecule has 1 aromatic heterocycles. The molecule has 1 aromatic carbocycles. The Morgan fingerprint density at radius 1 is 1.46 bits per heavy atom. The molecule has 0 radical (unpaired) electrons. The van der Waals surface area contributed by atoms with E-state index in [0.717, 1.165) is 15.6 Å². The van der Waals surface area contributed by atoms with Crippen molar-refractivity contribution in [3.8, 4) is 0 Å². The number of thiophene rings is 1. The number of nitrogens with zero attached hydrogens (tertiary/aromatic N) is 1. The third-order valence-electron chi connectivity index (χ3n) is 4.47. The summed E-state index contributed by atoms with van der Waals surface area (Å²) in [6.45, 7) is 2.16. The fourth-order valence-corrected chi connectivity index (χ4v) is 4.36. The summed E-state index contributed by atoms with van der Waals surface area (Å²) in [5.41, 5.74) is 0.731. The van der Waals surface area contributed by atoms with Gasteiger partial charge in [0.05, 0.1) is 17.4 Å². The number of aliphatic carboxylic acids is 1. The molecule has 1 N–H and O–H groups in total. The molecule has 0 saturated carbocycles. The maximum absolute atomic E-state index is 13.5. The quantitative estimate of drug-likeness (QED) is 0.919. The first-order valence-electron chi connectivity index (χ1n) is 7.65. The molecule has 1 fully saturated rings. The third-order valence-corrected chi connectivity index (χ3v) is 5.73. The van der Waals surface area contributed by atoms with E-state index in [0.29, 0.717) is 17.8 Å². The Labute approximate surface area is 142 Å². The number of hydrogen-bond acceptors (Lipinski definition) is 4. The van der Waals surface area contributed by atoms with Gasteiger partial charge in [-0.1, -0.05) is 0 Å². The number of carbonyl (C=O) groups excluding carboxylic acids is 1. The summed E-state index contributed by atoms with van der Waals surface area (Å²) in [6.07, 6.45) is 0.238. The van der Waals surface area contributed by atoms with Gasteiger partial charge in [0.15, 0.2) is 0 Å². The predicted molar refractivity (Wildman–Crippen MR) is 89.0 cm³/mol. The number of carboxylic acids is 1. The van der Waals surface area contributed by atoms with Crippen LogP contribution in [-0.2, 0) is 9.53 Å². The Morgan fingerprint density at radius 3 is 2.88 bits per heavy atom. The molecule has 0 aliphatic carbocycles. The highest BCUT2D eigenvalue weighted by atomic mass is 32.1. The van der Waals surface area contributed by atoms with Gasteiger partial charge >= 0.3 is 5.97 Å². The van der Waals surface area contributed by atoms with E-state index in [9.17, 15) is 14.0 Å². The SMILES string of the molecule is COC1CC(CC(=O)O)N(C(=O)c2sc3ccc(F)cc3c2C)C1. The van der Waals surface area contributed by atoms with Crippen LogP contribution in [0.15, 0.2) is 18.2 Å². The molecular formula is C17H18FNO4S. The number of fused-ring (bicyclic) bond motifs is 1. The Balaban J connectivity index is 1.95. The minimum absolute atomic E-state index is 0.107. The van der Waals surface area contributed by atoms with Crippen LogP contribution in [0.1, 0.15) is 28.1 Å². The normalized spacial score (nSPS) is 20.7. The summed E-state index contributed by atoms with van der Waals surface area (Å²) < 4.78 is 19.6. The molecule has 2 atom stereocenters. The van der Waals surface area contributed by atoms with Gasteiger partial charge in [-0.05, 0) is 42.5 Å². The van der Waals surface area contributed by atoms with Crippen molar-refractivity contribution in [3.05, 3.63) is 34.5 Å². The number of benzene rings is 1.